The lowest BCUT2D eigenvalue weighted by molar-refractivity contribution is 0.276. The third kappa shape index (κ3) is 3.40. The van der Waals surface area contributed by atoms with Gasteiger partial charge in [0, 0.05) is 5.02 Å². The molecule has 2 aromatic carbocycles. The predicted octanol–water partition coefficient (Wildman–Crippen LogP) is 3.49. The number of hydrogen-bond acceptors (Lipinski definition) is 3. The van der Waals surface area contributed by atoms with E-state index in [1.54, 1.807) is 7.11 Å². The Morgan fingerprint density at radius 2 is 1.84 bits per heavy atom. The van der Waals surface area contributed by atoms with E-state index in [2.05, 4.69) is 5.32 Å². The van der Waals surface area contributed by atoms with Gasteiger partial charge in [0.05, 0.1) is 25.4 Å². The van der Waals surface area contributed by atoms with E-state index in [0.29, 0.717) is 5.02 Å². The van der Waals surface area contributed by atoms with Crippen LogP contribution in [0.4, 0.5) is 5.69 Å². The first-order valence-electron chi connectivity index (χ1n) is 6.00. The molecule has 19 heavy (non-hydrogen) atoms. The van der Waals surface area contributed by atoms with Gasteiger partial charge in [0.25, 0.3) is 0 Å². The van der Waals surface area contributed by atoms with Crippen LogP contribution in [-0.4, -0.2) is 18.8 Å². The highest BCUT2D eigenvalue weighted by molar-refractivity contribution is 6.30. The van der Waals surface area contributed by atoms with E-state index in [1.807, 2.05) is 48.5 Å². The third-order valence-electron chi connectivity index (χ3n) is 2.89. The van der Waals surface area contributed by atoms with Crippen molar-refractivity contribution in [3.05, 3.63) is 59.1 Å². The molecule has 0 spiro atoms. The van der Waals surface area contributed by atoms with Gasteiger partial charge < -0.3 is 15.2 Å². The summed E-state index contributed by atoms with van der Waals surface area (Å²) < 4.78 is 5.28. The lowest BCUT2D eigenvalue weighted by atomic mass is 10.1. The highest BCUT2D eigenvalue weighted by Gasteiger charge is 2.12. The molecule has 0 saturated carbocycles. The smallest absolute Gasteiger partial charge is 0.141 e. The van der Waals surface area contributed by atoms with E-state index < -0.39 is 0 Å². The minimum Gasteiger partial charge on any atom is -0.495 e. The fourth-order valence-corrected chi connectivity index (χ4v) is 2.01. The summed E-state index contributed by atoms with van der Waals surface area (Å²) in [6.07, 6.45) is 0. The van der Waals surface area contributed by atoms with Crippen LogP contribution in [0.2, 0.25) is 5.02 Å². The molecule has 0 aromatic heterocycles. The quantitative estimate of drug-likeness (QED) is 0.879. The van der Waals surface area contributed by atoms with E-state index in [0.717, 1.165) is 17.0 Å². The number of methoxy groups -OCH3 is 1. The predicted molar refractivity (Wildman–Crippen MR) is 77.9 cm³/mol. The largest absolute Gasteiger partial charge is 0.495 e. The molecule has 1 unspecified atom stereocenters. The van der Waals surface area contributed by atoms with Crippen molar-refractivity contribution >= 4 is 17.3 Å². The zero-order valence-electron chi connectivity index (χ0n) is 10.6. The molecule has 1 atom stereocenters. The highest BCUT2D eigenvalue weighted by atomic mass is 35.5. The minimum atomic E-state index is -0.200. The summed E-state index contributed by atoms with van der Waals surface area (Å²) in [5.74, 6) is 0.745. The van der Waals surface area contributed by atoms with Gasteiger partial charge in [-0.15, -0.1) is 0 Å². The van der Waals surface area contributed by atoms with Crippen molar-refractivity contribution in [3.8, 4) is 5.75 Å². The van der Waals surface area contributed by atoms with E-state index in [9.17, 15) is 5.11 Å². The number of nitrogens with one attached hydrogen (secondary N) is 1. The van der Waals surface area contributed by atoms with Gasteiger partial charge in [-0.25, -0.2) is 0 Å². The summed E-state index contributed by atoms with van der Waals surface area (Å²) in [6, 6.07) is 14.8. The van der Waals surface area contributed by atoms with E-state index in [1.165, 1.54) is 0 Å². The zero-order chi connectivity index (χ0) is 13.7. The van der Waals surface area contributed by atoms with Gasteiger partial charge in [0.15, 0.2) is 0 Å². The standard InChI is InChI=1S/C15H16ClNO2/c1-19-15-5-3-2-4-13(15)17-14(10-18)11-6-8-12(16)9-7-11/h2-9,14,17-18H,10H2,1H3. The molecule has 0 bridgehead atoms. The summed E-state index contributed by atoms with van der Waals surface area (Å²) in [4.78, 5) is 0. The van der Waals surface area contributed by atoms with E-state index in [4.69, 9.17) is 16.3 Å². The highest BCUT2D eigenvalue weighted by Crippen LogP contribution is 2.28. The SMILES string of the molecule is COc1ccccc1NC(CO)c1ccc(Cl)cc1. The second-order valence-electron chi connectivity index (χ2n) is 4.13. The molecule has 2 aromatic rings. The molecule has 0 radical (unpaired) electrons. The van der Waals surface area contributed by atoms with Crippen LogP contribution >= 0.6 is 11.6 Å². The van der Waals surface area contributed by atoms with Crippen molar-refractivity contribution in [2.75, 3.05) is 19.0 Å². The van der Waals surface area contributed by atoms with Gasteiger partial charge in [-0.1, -0.05) is 35.9 Å². The van der Waals surface area contributed by atoms with Gasteiger partial charge in [-0.2, -0.15) is 0 Å². The van der Waals surface area contributed by atoms with Gasteiger partial charge >= 0.3 is 0 Å². The van der Waals surface area contributed by atoms with Gasteiger partial charge in [-0.3, -0.25) is 0 Å². The van der Waals surface area contributed by atoms with Crippen LogP contribution in [-0.2, 0) is 0 Å². The van der Waals surface area contributed by atoms with Crippen molar-refractivity contribution in [3.63, 3.8) is 0 Å². The van der Waals surface area contributed by atoms with Gasteiger partial charge in [0.2, 0.25) is 0 Å². The molecule has 100 valence electrons. The lowest BCUT2D eigenvalue weighted by Crippen LogP contribution is -2.15. The zero-order valence-corrected chi connectivity index (χ0v) is 11.4. The number of para-hydroxylation sites is 2. The fourth-order valence-electron chi connectivity index (χ4n) is 1.88. The van der Waals surface area contributed by atoms with Gasteiger partial charge in [0.1, 0.15) is 5.75 Å². The molecule has 0 aliphatic heterocycles. The minimum absolute atomic E-state index is 0.0142. The number of hydrogen-bond donors (Lipinski definition) is 2. The number of aliphatic hydroxyl groups is 1. The van der Waals surface area contributed by atoms with Crippen LogP contribution in [0.1, 0.15) is 11.6 Å². The number of aliphatic hydroxyl groups excluding tert-OH is 1. The Balaban J connectivity index is 2.21. The Morgan fingerprint density at radius 1 is 1.16 bits per heavy atom. The van der Waals surface area contributed by atoms with Crippen LogP contribution in [0, 0.1) is 0 Å². The number of halogens is 1. The molecule has 0 saturated heterocycles. The van der Waals surface area contributed by atoms with Crippen LogP contribution in [0.5, 0.6) is 5.75 Å². The van der Waals surface area contributed by atoms with Gasteiger partial charge in [-0.05, 0) is 29.8 Å². The maximum atomic E-state index is 9.54. The average Bonchev–Trinajstić information content (AvgIpc) is 2.46. The van der Waals surface area contributed by atoms with Crippen LogP contribution in [0.3, 0.4) is 0 Å². The van der Waals surface area contributed by atoms with E-state index >= 15 is 0 Å². The number of rotatable bonds is 5. The molecule has 0 amide bonds. The molecule has 2 N–H and O–H groups in total. The lowest BCUT2D eigenvalue weighted by Gasteiger charge is -2.19. The van der Waals surface area contributed by atoms with Crippen molar-refractivity contribution in [1.82, 2.24) is 0 Å². The second-order valence-corrected chi connectivity index (χ2v) is 4.57. The van der Waals surface area contributed by atoms with Crippen molar-refractivity contribution in [2.45, 2.75) is 6.04 Å². The molecule has 0 heterocycles. The number of benzene rings is 2. The first kappa shape index (κ1) is 13.7. The molecule has 2 rings (SSSR count). The topological polar surface area (TPSA) is 41.5 Å². The summed E-state index contributed by atoms with van der Waals surface area (Å²) in [5.41, 5.74) is 1.82. The molecule has 3 nitrogen and oxygen atoms in total. The number of anilines is 1. The van der Waals surface area contributed by atoms with E-state index in [-0.39, 0.29) is 12.6 Å². The molecule has 0 fully saturated rings. The average molecular weight is 278 g/mol. The maximum Gasteiger partial charge on any atom is 0.141 e. The molecular weight excluding hydrogens is 262 g/mol. The Bertz CT molecular complexity index is 528. The Labute approximate surface area is 117 Å². The summed E-state index contributed by atoms with van der Waals surface area (Å²) >= 11 is 5.86. The first-order valence-corrected chi connectivity index (χ1v) is 6.38. The molecule has 0 aliphatic rings. The monoisotopic (exact) mass is 277 g/mol. The Hall–Kier alpha value is -1.71. The van der Waals surface area contributed by atoms with Crippen LogP contribution in [0.15, 0.2) is 48.5 Å². The summed E-state index contributed by atoms with van der Waals surface area (Å²) in [7, 11) is 1.62. The Kier molecular flexibility index (Phi) is 4.66. The molecule has 0 aliphatic carbocycles. The molecular formula is C15H16ClNO2. The molecule has 4 heteroatoms. The Morgan fingerprint density at radius 3 is 2.47 bits per heavy atom. The fraction of sp³-hybridized carbons (Fsp3) is 0.200. The normalized spacial score (nSPS) is 11.9. The first-order chi connectivity index (χ1) is 9.24. The van der Waals surface area contributed by atoms with Crippen LogP contribution in [0.25, 0.3) is 0 Å². The number of ether oxygens (including phenoxy) is 1. The van der Waals surface area contributed by atoms with Crippen molar-refractivity contribution < 1.29 is 9.84 Å². The maximum absolute atomic E-state index is 9.54. The van der Waals surface area contributed by atoms with Crippen molar-refractivity contribution in [2.24, 2.45) is 0 Å². The van der Waals surface area contributed by atoms with Crippen LogP contribution < -0.4 is 10.1 Å². The second kappa shape index (κ2) is 6.45. The summed E-state index contributed by atoms with van der Waals surface area (Å²) in [5, 5.41) is 13.5. The third-order valence-corrected chi connectivity index (χ3v) is 3.14. The summed E-state index contributed by atoms with van der Waals surface area (Å²) in [6.45, 7) is -0.0142. The van der Waals surface area contributed by atoms with Crippen molar-refractivity contribution in [1.29, 1.82) is 0 Å².